The molecule has 0 radical (unpaired) electrons. The summed E-state index contributed by atoms with van der Waals surface area (Å²) in [7, 11) is 0. The van der Waals surface area contributed by atoms with Crippen LogP contribution in [0.3, 0.4) is 0 Å². The van der Waals surface area contributed by atoms with Crippen LogP contribution in [0, 0.1) is 17.2 Å². The zero-order valence-corrected chi connectivity index (χ0v) is 10.1. The van der Waals surface area contributed by atoms with Crippen molar-refractivity contribution in [3.05, 3.63) is 35.9 Å². The summed E-state index contributed by atoms with van der Waals surface area (Å²) in [6, 6.07) is 12.6. The highest BCUT2D eigenvalue weighted by atomic mass is 14.9. The summed E-state index contributed by atoms with van der Waals surface area (Å²) in [5.74, 6) is 0.700. The number of rotatable bonds is 6. The van der Waals surface area contributed by atoms with Gasteiger partial charge in [0, 0.05) is 6.04 Å². The average Bonchev–Trinajstić information content (AvgIpc) is 2.29. The van der Waals surface area contributed by atoms with E-state index in [0.717, 1.165) is 13.0 Å². The minimum Gasteiger partial charge on any atom is -0.309 e. The maximum absolute atomic E-state index is 8.82. The quantitative estimate of drug-likeness (QED) is 0.792. The van der Waals surface area contributed by atoms with Crippen LogP contribution in [0.25, 0.3) is 0 Å². The van der Waals surface area contributed by atoms with Gasteiger partial charge in [-0.15, -0.1) is 0 Å². The van der Waals surface area contributed by atoms with Crippen LogP contribution < -0.4 is 5.32 Å². The van der Waals surface area contributed by atoms with Crippen LogP contribution in [-0.4, -0.2) is 6.54 Å². The Kier molecular flexibility index (Phi) is 5.60. The molecule has 0 bridgehead atoms. The lowest BCUT2D eigenvalue weighted by Crippen LogP contribution is -2.23. The first-order valence-corrected chi connectivity index (χ1v) is 5.89. The van der Waals surface area contributed by atoms with Crippen LogP contribution in [-0.2, 0) is 0 Å². The molecule has 1 atom stereocenters. The maximum atomic E-state index is 8.82. The molecule has 0 spiro atoms. The second-order valence-corrected chi connectivity index (χ2v) is 4.46. The molecule has 0 saturated carbocycles. The van der Waals surface area contributed by atoms with E-state index in [1.54, 1.807) is 0 Å². The SMILES string of the molecule is CC(C)CCNC(CC#N)c1ccccc1. The predicted octanol–water partition coefficient (Wildman–Crippen LogP) is 3.28. The third-order valence-electron chi connectivity index (χ3n) is 2.61. The first kappa shape index (κ1) is 12.7. The van der Waals surface area contributed by atoms with Crippen LogP contribution >= 0.6 is 0 Å². The van der Waals surface area contributed by atoms with E-state index < -0.39 is 0 Å². The van der Waals surface area contributed by atoms with Crippen molar-refractivity contribution in [3.8, 4) is 6.07 Å². The van der Waals surface area contributed by atoms with Crippen molar-refractivity contribution < 1.29 is 0 Å². The summed E-state index contributed by atoms with van der Waals surface area (Å²) in [4.78, 5) is 0. The summed E-state index contributed by atoms with van der Waals surface area (Å²) in [5.41, 5.74) is 1.20. The molecule has 0 fully saturated rings. The normalized spacial score (nSPS) is 12.4. The van der Waals surface area contributed by atoms with Gasteiger partial charge in [0.15, 0.2) is 0 Å². The van der Waals surface area contributed by atoms with Gasteiger partial charge in [0.05, 0.1) is 12.5 Å². The van der Waals surface area contributed by atoms with Gasteiger partial charge in [0.2, 0.25) is 0 Å². The Morgan fingerprint density at radius 1 is 1.25 bits per heavy atom. The highest BCUT2D eigenvalue weighted by Gasteiger charge is 2.09. The van der Waals surface area contributed by atoms with Crippen molar-refractivity contribution in [1.29, 1.82) is 5.26 Å². The molecule has 16 heavy (non-hydrogen) atoms. The van der Waals surface area contributed by atoms with E-state index in [1.165, 1.54) is 5.56 Å². The molecule has 86 valence electrons. The molecular weight excluding hydrogens is 196 g/mol. The predicted molar refractivity (Wildman–Crippen MR) is 66.9 cm³/mol. The highest BCUT2D eigenvalue weighted by molar-refractivity contribution is 5.19. The first-order valence-electron chi connectivity index (χ1n) is 5.89. The molecule has 1 aromatic carbocycles. The zero-order valence-electron chi connectivity index (χ0n) is 10.1. The summed E-state index contributed by atoms with van der Waals surface area (Å²) >= 11 is 0. The van der Waals surface area contributed by atoms with Crippen molar-refractivity contribution in [3.63, 3.8) is 0 Å². The fraction of sp³-hybridized carbons (Fsp3) is 0.500. The lowest BCUT2D eigenvalue weighted by molar-refractivity contribution is 0.482. The Hall–Kier alpha value is -1.33. The monoisotopic (exact) mass is 216 g/mol. The van der Waals surface area contributed by atoms with Crippen molar-refractivity contribution >= 4 is 0 Å². The molecule has 0 saturated heterocycles. The molecule has 2 nitrogen and oxygen atoms in total. The summed E-state index contributed by atoms with van der Waals surface area (Å²) in [5, 5.41) is 12.3. The molecular formula is C14H20N2. The van der Waals surface area contributed by atoms with Gasteiger partial charge in [-0.2, -0.15) is 5.26 Å². The lowest BCUT2D eigenvalue weighted by Gasteiger charge is -2.17. The third-order valence-corrected chi connectivity index (χ3v) is 2.61. The van der Waals surface area contributed by atoms with Crippen molar-refractivity contribution in [2.75, 3.05) is 6.54 Å². The summed E-state index contributed by atoms with van der Waals surface area (Å²) < 4.78 is 0. The van der Waals surface area contributed by atoms with Crippen LogP contribution in [0.5, 0.6) is 0 Å². The van der Waals surface area contributed by atoms with Crippen LogP contribution in [0.15, 0.2) is 30.3 Å². The number of nitrogens with zero attached hydrogens (tertiary/aromatic N) is 1. The van der Waals surface area contributed by atoms with E-state index in [1.807, 2.05) is 18.2 Å². The number of hydrogen-bond acceptors (Lipinski definition) is 2. The molecule has 1 rings (SSSR count). The molecule has 0 aromatic heterocycles. The van der Waals surface area contributed by atoms with E-state index in [0.29, 0.717) is 12.3 Å². The summed E-state index contributed by atoms with van der Waals surface area (Å²) in [6.45, 7) is 5.39. The largest absolute Gasteiger partial charge is 0.309 e. The van der Waals surface area contributed by atoms with Crippen LogP contribution in [0.1, 0.15) is 38.3 Å². The minimum absolute atomic E-state index is 0.171. The van der Waals surface area contributed by atoms with E-state index in [-0.39, 0.29) is 6.04 Å². The van der Waals surface area contributed by atoms with Crippen LogP contribution in [0.4, 0.5) is 0 Å². The molecule has 0 aliphatic rings. The topological polar surface area (TPSA) is 35.8 Å². The molecule has 1 aromatic rings. The van der Waals surface area contributed by atoms with Crippen LogP contribution in [0.2, 0.25) is 0 Å². The lowest BCUT2D eigenvalue weighted by atomic mass is 10.0. The Bertz CT molecular complexity index is 324. The van der Waals surface area contributed by atoms with Gasteiger partial charge in [0.25, 0.3) is 0 Å². The molecule has 0 amide bonds. The van der Waals surface area contributed by atoms with E-state index in [2.05, 4.69) is 37.4 Å². The van der Waals surface area contributed by atoms with Crippen molar-refractivity contribution in [2.45, 2.75) is 32.7 Å². The number of nitriles is 1. The number of benzene rings is 1. The fourth-order valence-corrected chi connectivity index (χ4v) is 1.63. The van der Waals surface area contributed by atoms with Gasteiger partial charge in [-0.25, -0.2) is 0 Å². The Balaban J connectivity index is 2.52. The molecule has 0 aliphatic carbocycles. The zero-order chi connectivity index (χ0) is 11.8. The Morgan fingerprint density at radius 2 is 1.94 bits per heavy atom. The van der Waals surface area contributed by atoms with E-state index in [4.69, 9.17) is 5.26 Å². The number of nitrogens with one attached hydrogen (secondary N) is 1. The van der Waals surface area contributed by atoms with E-state index in [9.17, 15) is 0 Å². The summed E-state index contributed by atoms with van der Waals surface area (Å²) in [6.07, 6.45) is 1.68. The second kappa shape index (κ2) is 7.03. The average molecular weight is 216 g/mol. The van der Waals surface area contributed by atoms with Gasteiger partial charge in [0.1, 0.15) is 0 Å². The smallest absolute Gasteiger partial charge is 0.0641 e. The molecule has 0 heterocycles. The Morgan fingerprint density at radius 3 is 2.50 bits per heavy atom. The standard InChI is InChI=1S/C14H20N2/c1-12(2)9-11-16-14(8-10-15)13-6-4-3-5-7-13/h3-7,12,14,16H,8-9,11H2,1-2H3. The number of hydrogen-bond donors (Lipinski definition) is 1. The molecule has 2 heteroatoms. The van der Waals surface area contributed by atoms with Crippen molar-refractivity contribution in [2.24, 2.45) is 5.92 Å². The fourth-order valence-electron chi connectivity index (χ4n) is 1.63. The third kappa shape index (κ3) is 4.46. The molecule has 1 N–H and O–H groups in total. The molecule has 0 aliphatic heterocycles. The minimum atomic E-state index is 0.171. The maximum Gasteiger partial charge on any atom is 0.0641 e. The first-order chi connectivity index (χ1) is 7.74. The van der Waals surface area contributed by atoms with Gasteiger partial charge in [-0.05, 0) is 24.4 Å². The van der Waals surface area contributed by atoms with Gasteiger partial charge in [-0.1, -0.05) is 44.2 Å². The van der Waals surface area contributed by atoms with Crippen molar-refractivity contribution in [1.82, 2.24) is 5.32 Å². The second-order valence-electron chi connectivity index (χ2n) is 4.46. The van der Waals surface area contributed by atoms with Gasteiger partial charge in [-0.3, -0.25) is 0 Å². The Labute approximate surface area is 98.3 Å². The van der Waals surface area contributed by atoms with Gasteiger partial charge >= 0.3 is 0 Å². The van der Waals surface area contributed by atoms with E-state index >= 15 is 0 Å². The highest BCUT2D eigenvalue weighted by Crippen LogP contribution is 2.15. The molecule has 1 unspecified atom stereocenters. The van der Waals surface area contributed by atoms with Gasteiger partial charge < -0.3 is 5.32 Å².